The molecule has 2 heterocycles. The minimum absolute atomic E-state index is 0.0929. The largest absolute Gasteiger partial charge is 0.325 e. The molecule has 0 aliphatic rings. The quantitative estimate of drug-likeness (QED) is 0.354. The van der Waals surface area contributed by atoms with Crippen molar-refractivity contribution in [2.24, 2.45) is 7.05 Å². The Kier molecular flexibility index (Phi) is 5.74. The molecule has 2 aromatic carbocycles. The van der Waals surface area contributed by atoms with Crippen molar-refractivity contribution < 1.29 is 4.79 Å². The van der Waals surface area contributed by atoms with Gasteiger partial charge in [0.1, 0.15) is 4.70 Å². The highest BCUT2D eigenvalue weighted by Gasteiger charge is 2.16. The Labute approximate surface area is 182 Å². The first-order valence-corrected chi connectivity index (χ1v) is 11.3. The molecule has 1 N–H and O–H groups in total. The lowest BCUT2D eigenvalue weighted by Gasteiger charge is -2.11. The molecule has 0 saturated carbocycles. The van der Waals surface area contributed by atoms with Crippen LogP contribution >= 0.6 is 23.1 Å². The Balaban J connectivity index is 1.60. The van der Waals surface area contributed by atoms with Crippen LogP contribution in [0.15, 0.2) is 63.9 Å². The van der Waals surface area contributed by atoms with E-state index < -0.39 is 0 Å². The fraction of sp³-hybridized carbons (Fsp3) is 0.174. The molecule has 0 saturated heterocycles. The Morgan fingerprint density at radius 1 is 1.13 bits per heavy atom. The van der Waals surface area contributed by atoms with Crippen LogP contribution in [0.5, 0.6) is 0 Å². The predicted molar refractivity (Wildman–Crippen MR) is 126 cm³/mol. The number of thioether (sulfide) groups is 1. The number of amides is 1. The third-order valence-corrected chi connectivity index (χ3v) is 7.04. The number of anilines is 1. The fourth-order valence-electron chi connectivity index (χ4n) is 3.18. The van der Waals surface area contributed by atoms with Gasteiger partial charge in [0.25, 0.3) is 5.56 Å². The monoisotopic (exact) mass is 435 g/mol. The van der Waals surface area contributed by atoms with Gasteiger partial charge in [-0.25, -0.2) is 4.98 Å². The van der Waals surface area contributed by atoms with Crippen molar-refractivity contribution in [2.45, 2.75) is 19.0 Å². The van der Waals surface area contributed by atoms with E-state index in [1.165, 1.54) is 27.7 Å². The normalized spacial score (nSPS) is 11.0. The Hall–Kier alpha value is -2.90. The molecule has 4 aromatic rings. The molecule has 0 bridgehead atoms. The van der Waals surface area contributed by atoms with Gasteiger partial charge in [0.2, 0.25) is 5.91 Å². The zero-order valence-corrected chi connectivity index (χ0v) is 18.6. The van der Waals surface area contributed by atoms with E-state index in [0.717, 1.165) is 27.9 Å². The van der Waals surface area contributed by atoms with Crippen LogP contribution in [0.4, 0.5) is 5.69 Å². The lowest BCUT2D eigenvalue weighted by molar-refractivity contribution is -0.113. The van der Waals surface area contributed by atoms with Crippen molar-refractivity contribution in [3.8, 4) is 11.1 Å². The molecule has 5 nitrogen and oxygen atoms in total. The Morgan fingerprint density at radius 3 is 2.67 bits per heavy atom. The van der Waals surface area contributed by atoms with E-state index in [9.17, 15) is 9.59 Å². The van der Waals surface area contributed by atoms with Crippen molar-refractivity contribution >= 4 is 44.9 Å². The van der Waals surface area contributed by atoms with Crippen molar-refractivity contribution in [1.82, 2.24) is 9.55 Å². The maximum Gasteiger partial charge on any atom is 0.271 e. The summed E-state index contributed by atoms with van der Waals surface area (Å²) in [4.78, 5) is 30.1. The molecule has 30 heavy (non-hydrogen) atoms. The standard InChI is InChI=1S/C23H21N3O2S2/c1-14-8-7-11-18(15(14)2)24-19(27)13-30-23-25-20-17(16-9-5-4-6-10-16)12-29-21(20)22(28)26(23)3/h4-12H,13H2,1-3H3,(H,24,27). The van der Waals surface area contributed by atoms with Crippen LogP contribution in [0.25, 0.3) is 21.3 Å². The molecule has 0 atom stereocenters. The number of fused-ring (bicyclic) bond motifs is 1. The molecule has 0 aliphatic carbocycles. The van der Waals surface area contributed by atoms with Crippen molar-refractivity contribution in [1.29, 1.82) is 0 Å². The van der Waals surface area contributed by atoms with Gasteiger partial charge in [-0.2, -0.15) is 0 Å². The molecular weight excluding hydrogens is 414 g/mol. The number of thiophene rings is 1. The highest BCUT2D eigenvalue weighted by Crippen LogP contribution is 2.32. The number of aryl methyl sites for hydroxylation is 1. The lowest BCUT2D eigenvalue weighted by atomic mass is 10.1. The molecule has 2 aromatic heterocycles. The minimum Gasteiger partial charge on any atom is -0.325 e. The van der Waals surface area contributed by atoms with Gasteiger partial charge in [-0.1, -0.05) is 54.2 Å². The first-order valence-electron chi connectivity index (χ1n) is 9.48. The number of aromatic nitrogens is 2. The number of carbonyl (C=O) groups is 1. The number of rotatable bonds is 5. The van der Waals surface area contributed by atoms with Gasteiger partial charge in [-0.3, -0.25) is 14.2 Å². The second-order valence-corrected chi connectivity index (χ2v) is 8.86. The van der Waals surface area contributed by atoms with E-state index in [4.69, 9.17) is 4.98 Å². The summed E-state index contributed by atoms with van der Waals surface area (Å²) in [5, 5.41) is 5.45. The van der Waals surface area contributed by atoms with Gasteiger partial charge in [0.05, 0.1) is 11.3 Å². The number of nitrogens with one attached hydrogen (secondary N) is 1. The summed E-state index contributed by atoms with van der Waals surface area (Å²) in [7, 11) is 1.70. The van der Waals surface area contributed by atoms with Gasteiger partial charge in [0.15, 0.2) is 5.16 Å². The van der Waals surface area contributed by atoms with E-state index >= 15 is 0 Å². The van der Waals surface area contributed by atoms with Gasteiger partial charge >= 0.3 is 0 Å². The molecule has 0 fully saturated rings. The Bertz CT molecular complexity index is 1290. The summed E-state index contributed by atoms with van der Waals surface area (Å²) in [5.74, 6) is 0.0425. The van der Waals surface area contributed by atoms with Gasteiger partial charge < -0.3 is 5.32 Å². The predicted octanol–water partition coefficient (Wildman–Crippen LogP) is 5.01. The minimum atomic E-state index is -0.128. The Morgan fingerprint density at radius 2 is 1.90 bits per heavy atom. The summed E-state index contributed by atoms with van der Waals surface area (Å²) in [6, 6.07) is 15.7. The average Bonchev–Trinajstić information content (AvgIpc) is 3.17. The number of benzene rings is 2. The van der Waals surface area contributed by atoms with Crippen LogP contribution in [-0.4, -0.2) is 21.2 Å². The van der Waals surface area contributed by atoms with Crippen molar-refractivity contribution in [3.63, 3.8) is 0 Å². The number of hydrogen-bond donors (Lipinski definition) is 1. The summed E-state index contributed by atoms with van der Waals surface area (Å²) < 4.78 is 2.14. The number of nitrogens with zero attached hydrogens (tertiary/aromatic N) is 2. The zero-order valence-electron chi connectivity index (χ0n) is 16.9. The first-order chi connectivity index (χ1) is 14.5. The topological polar surface area (TPSA) is 64.0 Å². The van der Waals surface area contributed by atoms with Crippen molar-refractivity contribution in [2.75, 3.05) is 11.1 Å². The molecule has 1 amide bonds. The van der Waals surface area contributed by atoms with Gasteiger partial charge in [0, 0.05) is 23.7 Å². The maximum atomic E-state index is 12.8. The summed E-state index contributed by atoms with van der Waals surface area (Å²) in [6.45, 7) is 4.00. The SMILES string of the molecule is Cc1cccc(NC(=O)CSc2nc3c(-c4ccccc4)csc3c(=O)n2C)c1C. The van der Waals surface area contributed by atoms with Crippen LogP contribution in [0.3, 0.4) is 0 Å². The third-order valence-electron chi connectivity index (χ3n) is 5.05. The lowest BCUT2D eigenvalue weighted by Crippen LogP contribution is -2.21. The molecule has 4 rings (SSSR count). The maximum absolute atomic E-state index is 12.8. The van der Waals surface area contributed by atoms with E-state index in [0.29, 0.717) is 15.4 Å². The van der Waals surface area contributed by atoms with Crippen LogP contribution in [0, 0.1) is 13.8 Å². The van der Waals surface area contributed by atoms with E-state index in [1.54, 1.807) is 7.05 Å². The summed E-state index contributed by atoms with van der Waals surface area (Å²) in [5.41, 5.74) is 5.54. The summed E-state index contributed by atoms with van der Waals surface area (Å²) in [6.07, 6.45) is 0. The van der Waals surface area contributed by atoms with Crippen LogP contribution in [0.1, 0.15) is 11.1 Å². The summed E-state index contributed by atoms with van der Waals surface area (Å²) >= 11 is 2.67. The second-order valence-electron chi connectivity index (χ2n) is 7.04. The fourth-order valence-corrected chi connectivity index (χ4v) is 4.93. The smallest absolute Gasteiger partial charge is 0.271 e. The van der Waals surface area contributed by atoms with Crippen LogP contribution < -0.4 is 10.9 Å². The molecule has 0 aliphatic heterocycles. The van der Waals surface area contributed by atoms with E-state index in [2.05, 4.69) is 5.32 Å². The molecule has 0 spiro atoms. The molecule has 0 unspecified atom stereocenters. The van der Waals surface area contributed by atoms with Gasteiger partial charge in [-0.05, 0) is 36.6 Å². The van der Waals surface area contributed by atoms with E-state index in [-0.39, 0.29) is 17.2 Å². The number of carbonyl (C=O) groups excluding carboxylic acids is 1. The van der Waals surface area contributed by atoms with Crippen LogP contribution in [-0.2, 0) is 11.8 Å². The van der Waals surface area contributed by atoms with Crippen molar-refractivity contribution in [3.05, 3.63) is 75.4 Å². The molecule has 7 heteroatoms. The highest BCUT2D eigenvalue weighted by molar-refractivity contribution is 7.99. The zero-order chi connectivity index (χ0) is 21.3. The van der Waals surface area contributed by atoms with E-state index in [1.807, 2.05) is 67.8 Å². The molecule has 152 valence electrons. The first kappa shape index (κ1) is 20.4. The molecule has 0 radical (unpaired) electrons. The number of hydrogen-bond acceptors (Lipinski definition) is 5. The highest BCUT2D eigenvalue weighted by atomic mass is 32.2. The average molecular weight is 436 g/mol. The van der Waals surface area contributed by atoms with Crippen LogP contribution in [0.2, 0.25) is 0 Å². The molecular formula is C23H21N3O2S2. The third kappa shape index (κ3) is 3.91. The second kappa shape index (κ2) is 8.45. The van der Waals surface area contributed by atoms with Gasteiger partial charge in [-0.15, -0.1) is 11.3 Å².